The van der Waals surface area contributed by atoms with Gasteiger partial charge >= 0.3 is 5.97 Å². The Bertz CT molecular complexity index is 177. The lowest BCUT2D eigenvalue weighted by molar-refractivity contribution is -0.139. The molecular weight excluding hydrogens is 132 g/mol. The van der Waals surface area contributed by atoms with Crippen LogP contribution in [0.3, 0.4) is 0 Å². The molecule has 1 aliphatic rings. The second-order valence-electron chi connectivity index (χ2n) is 2.22. The van der Waals surface area contributed by atoms with Crippen LogP contribution in [-0.4, -0.2) is 17.7 Å². The van der Waals surface area contributed by atoms with Gasteiger partial charge in [0.05, 0.1) is 12.6 Å². The minimum absolute atomic E-state index is 0.435. The van der Waals surface area contributed by atoms with E-state index in [1.807, 2.05) is 0 Å². The molecule has 0 radical (unpaired) electrons. The van der Waals surface area contributed by atoms with Crippen LogP contribution in [0.15, 0.2) is 11.9 Å². The highest BCUT2D eigenvalue weighted by atomic mass is 16.4. The van der Waals surface area contributed by atoms with Gasteiger partial charge in [-0.1, -0.05) is 0 Å². The van der Waals surface area contributed by atoms with Crippen LogP contribution in [0.4, 0.5) is 0 Å². The number of rotatable bonds is 2. The molecule has 0 aliphatic carbocycles. The highest BCUT2D eigenvalue weighted by molar-refractivity contribution is 5.72. The number of nitrogens with one attached hydrogen (secondary N) is 2. The molecule has 3 N–H and O–H groups in total. The van der Waals surface area contributed by atoms with E-state index in [2.05, 4.69) is 10.6 Å². The first-order valence-electron chi connectivity index (χ1n) is 3.12. The molecule has 0 spiro atoms. The van der Waals surface area contributed by atoms with E-state index in [1.165, 1.54) is 0 Å². The van der Waals surface area contributed by atoms with Gasteiger partial charge in [-0.15, -0.1) is 0 Å². The van der Waals surface area contributed by atoms with Crippen molar-refractivity contribution >= 4 is 5.97 Å². The van der Waals surface area contributed by atoms with Gasteiger partial charge in [0, 0.05) is 11.9 Å². The number of carbonyl (C=O) groups is 1. The zero-order valence-electron chi connectivity index (χ0n) is 5.72. The molecule has 1 heterocycles. The lowest BCUT2D eigenvalue weighted by Gasteiger charge is -2.06. The molecule has 0 amide bonds. The fraction of sp³-hybridized carbons (Fsp3) is 0.500. The van der Waals surface area contributed by atoms with E-state index in [0.717, 1.165) is 5.70 Å². The van der Waals surface area contributed by atoms with Crippen molar-refractivity contribution in [2.24, 2.45) is 5.92 Å². The van der Waals surface area contributed by atoms with E-state index in [1.54, 1.807) is 13.1 Å². The fourth-order valence-corrected chi connectivity index (χ4v) is 0.776. The van der Waals surface area contributed by atoms with Crippen molar-refractivity contribution in [2.45, 2.75) is 6.92 Å². The van der Waals surface area contributed by atoms with E-state index in [4.69, 9.17) is 5.11 Å². The molecule has 0 aromatic rings. The van der Waals surface area contributed by atoms with E-state index >= 15 is 0 Å². The molecular formula is C6H10N2O2. The largest absolute Gasteiger partial charge is 0.481 e. The van der Waals surface area contributed by atoms with Gasteiger partial charge in [-0.2, -0.15) is 0 Å². The summed E-state index contributed by atoms with van der Waals surface area (Å²) in [6, 6.07) is 0. The summed E-state index contributed by atoms with van der Waals surface area (Å²) in [7, 11) is 0. The average molecular weight is 142 g/mol. The summed E-state index contributed by atoms with van der Waals surface area (Å²) in [6.07, 6.45) is 1.69. The predicted octanol–water partition coefficient (Wildman–Crippen LogP) is -0.301. The third-order valence-electron chi connectivity index (χ3n) is 1.49. The van der Waals surface area contributed by atoms with Crippen molar-refractivity contribution in [3.63, 3.8) is 0 Å². The topological polar surface area (TPSA) is 61.4 Å². The van der Waals surface area contributed by atoms with Gasteiger partial charge in [0.1, 0.15) is 0 Å². The lowest BCUT2D eigenvalue weighted by atomic mass is 10.1. The number of hydrogen-bond acceptors (Lipinski definition) is 3. The molecule has 56 valence electrons. The molecule has 4 nitrogen and oxygen atoms in total. The quantitative estimate of drug-likeness (QED) is 0.495. The molecule has 1 rings (SSSR count). The van der Waals surface area contributed by atoms with E-state index < -0.39 is 11.9 Å². The van der Waals surface area contributed by atoms with Crippen molar-refractivity contribution < 1.29 is 9.90 Å². The monoisotopic (exact) mass is 142 g/mol. The van der Waals surface area contributed by atoms with E-state index in [-0.39, 0.29) is 0 Å². The van der Waals surface area contributed by atoms with Crippen LogP contribution < -0.4 is 10.6 Å². The highest BCUT2D eigenvalue weighted by Gasteiger charge is 2.17. The number of carboxylic acids is 1. The molecule has 1 unspecified atom stereocenters. The maximum Gasteiger partial charge on any atom is 0.312 e. The molecule has 0 saturated heterocycles. The van der Waals surface area contributed by atoms with Gasteiger partial charge in [0.2, 0.25) is 0 Å². The van der Waals surface area contributed by atoms with E-state index in [0.29, 0.717) is 6.67 Å². The zero-order chi connectivity index (χ0) is 7.56. The Kier molecular flexibility index (Phi) is 1.80. The summed E-state index contributed by atoms with van der Waals surface area (Å²) in [5.41, 5.74) is 0.743. The molecule has 1 atom stereocenters. The SMILES string of the molecule is CC(C(=O)O)C1=CNCN1. The fourth-order valence-electron chi connectivity index (χ4n) is 0.776. The molecule has 0 fully saturated rings. The minimum atomic E-state index is -0.803. The average Bonchev–Trinajstić information content (AvgIpc) is 2.36. The smallest absolute Gasteiger partial charge is 0.312 e. The molecule has 4 heteroatoms. The van der Waals surface area contributed by atoms with Crippen LogP contribution in [0, 0.1) is 5.92 Å². The Balaban J connectivity index is 2.55. The van der Waals surface area contributed by atoms with Gasteiger partial charge in [-0.05, 0) is 6.92 Å². The van der Waals surface area contributed by atoms with E-state index in [9.17, 15) is 4.79 Å². The molecule has 0 saturated carbocycles. The van der Waals surface area contributed by atoms with Crippen LogP contribution >= 0.6 is 0 Å². The van der Waals surface area contributed by atoms with Gasteiger partial charge < -0.3 is 15.7 Å². The highest BCUT2D eigenvalue weighted by Crippen LogP contribution is 2.07. The third kappa shape index (κ3) is 1.21. The van der Waals surface area contributed by atoms with Crippen LogP contribution in [0.5, 0.6) is 0 Å². The number of carboxylic acid groups (broad SMARTS) is 1. The van der Waals surface area contributed by atoms with Gasteiger partial charge in [-0.25, -0.2) is 0 Å². The number of hydrogen-bond donors (Lipinski definition) is 3. The summed E-state index contributed by atoms with van der Waals surface area (Å²) < 4.78 is 0. The predicted molar refractivity (Wildman–Crippen MR) is 36.0 cm³/mol. The summed E-state index contributed by atoms with van der Waals surface area (Å²) >= 11 is 0. The zero-order valence-corrected chi connectivity index (χ0v) is 5.72. The molecule has 1 aliphatic heterocycles. The maximum absolute atomic E-state index is 10.4. The van der Waals surface area contributed by atoms with Gasteiger partial charge in [0.15, 0.2) is 0 Å². The summed E-state index contributed by atoms with van der Waals surface area (Å²) in [4.78, 5) is 10.4. The van der Waals surface area contributed by atoms with Crippen LogP contribution in [0.1, 0.15) is 6.92 Å². The van der Waals surface area contributed by atoms with Crippen LogP contribution in [0.25, 0.3) is 0 Å². The van der Waals surface area contributed by atoms with Crippen LogP contribution in [-0.2, 0) is 4.79 Å². The third-order valence-corrected chi connectivity index (χ3v) is 1.49. The van der Waals surface area contributed by atoms with Crippen molar-refractivity contribution in [3.8, 4) is 0 Å². The Labute approximate surface area is 58.9 Å². The minimum Gasteiger partial charge on any atom is -0.481 e. The first kappa shape index (κ1) is 6.92. The Morgan fingerprint density at radius 2 is 2.60 bits per heavy atom. The van der Waals surface area contributed by atoms with Gasteiger partial charge in [-0.3, -0.25) is 4.79 Å². The second-order valence-corrected chi connectivity index (χ2v) is 2.22. The molecule has 0 aromatic heterocycles. The lowest BCUT2D eigenvalue weighted by Crippen LogP contribution is -2.22. The van der Waals surface area contributed by atoms with Crippen molar-refractivity contribution in [1.29, 1.82) is 0 Å². The Hall–Kier alpha value is -1.19. The Morgan fingerprint density at radius 3 is 3.00 bits per heavy atom. The second kappa shape index (κ2) is 2.60. The summed E-state index contributed by atoms with van der Waals surface area (Å²) in [5, 5.41) is 14.3. The summed E-state index contributed by atoms with van der Waals surface area (Å²) in [6.45, 7) is 2.28. The molecule has 0 aromatic carbocycles. The first-order valence-corrected chi connectivity index (χ1v) is 3.12. The Morgan fingerprint density at radius 1 is 1.90 bits per heavy atom. The van der Waals surface area contributed by atoms with Crippen molar-refractivity contribution in [3.05, 3.63) is 11.9 Å². The standard InChI is InChI=1S/C6H10N2O2/c1-4(6(9)10)5-2-7-3-8-5/h2,4,7-8H,3H2,1H3,(H,9,10). The maximum atomic E-state index is 10.4. The van der Waals surface area contributed by atoms with Crippen molar-refractivity contribution in [1.82, 2.24) is 10.6 Å². The number of aliphatic carboxylic acids is 1. The van der Waals surface area contributed by atoms with Crippen LogP contribution in [0.2, 0.25) is 0 Å². The molecule has 10 heavy (non-hydrogen) atoms. The van der Waals surface area contributed by atoms with Gasteiger partial charge in [0.25, 0.3) is 0 Å². The first-order chi connectivity index (χ1) is 4.72. The summed E-state index contributed by atoms with van der Waals surface area (Å²) in [5.74, 6) is -1.24. The van der Waals surface area contributed by atoms with Crippen molar-refractivity contribution in [2.75, 3.05) is 6.67 Å². The normalized spacial score (nSPS) is 18.7. The molecule has 0 bridgehead atoms.